The molecular weight excluding hydrogens is 460 g/mol. The van der Waals surface area contributed by atoms with E-state index in [1.807, 2.05) is 13.8 Å². The number of aromatic nitrogens is 3. The van der Waals surface area contributed by atoms with E-state index in [1.165, 1.54) is 24.8 Å². The van der Waals surface area contributed by atoms with E-state index in [0.29, 0.717) is 43.4 Å². The number of anilines is 3. The molecule has 1 aliphatic rings. The molecule has 1 fully saturated rings. The number of carbonyl (C=O) groups excluding carboxylic acids is 1. The second-order valence-corrected chi connectivity index (χ2v) is 8.96. The zero-order valence-corrected chi connectivity index (χ0v) is 20.8. The molecule has 0 atom stereocenters. The van der Waals surface area contributed by atoms with Crippen molar-refractivity contribution in [3.8, 4) is 6.01 Å². The third kappa shape index (κ3) is 5.70. The maximum Gasteiger partial charge on any atom is 0.335 e. The number of nitrogens with one attached hydrogen (secondary N) is 2. The number of aromatic carboxylic acids is 1. The van der Waals surface area contributed by atoms with Gasteiger partial charge in [-0.2, -0.15) is 15.0 Å². The molecule has 0 saturated carbocycles. The molecule has 0 unspecified atom stereocenters. The number of carboxylic acid groups (broad SMARTS) is 1. The van der Waals surface area contributed by atoms with Crippen molar-refractivity contribution in [2.75, 3.05) is 30.8 Å². The van der Waals surface area contributed by atoms with Crippen LogP contribution in [0.25, 0.3) is 0 Å². The maximum absolute atomic E-state index is 12.8. The summed E-state index contributed by atoms with van der Waals surface area (Å²) in [6.45, 7) is 7.26. The average Bonchev–Trinajstić information content (AvgIpc) is 2.86. The minimum absolute atomic E-state index is 0.0752. The molecule has 1 amide bonds. The SMILES string of the molecule is COc1nc(Nc2c(C)cc(C)cc2C)nc(NC2CCN(C(=O)c3ccc(C(=O)O)cc3)CC2)n1. The van der Waals surface area contributed by atoms with Crippen LogP contribution in [-0.2, 0) is 0 Å². The molecule has 0 bridgehead atoms. The number of ether oxygens (including phenoxy) is 1. The first-order valence-electron chi connectivity index (χ1n) is 11.8. The smallest absolute Gasteiger partial charge is 0.335 e. The van der Waals surface area contributed by atoms with Crippen molar-refractivity contribution in [3.05, 3.63) is 64.2 Å². The Morgan fingerprint density at radius 2 is 1.53 bits per heavy atom. The van der Waals surface area contributed by atoms with Gasteiger partial charge in [0, 0.05) is 30.4 Å². The second-order valence-electron chi connectivity index (χ2n) is 8.96. The fraction of sp³-hybridized carbons (Fsp3) is 0.346. The van der Waals surface area contributed by atoms with E-state index < -0.39 is 5.97 Å². The number of aryl methyl sites for hydroxylation is 3. The first-order chi connectivity index (χ1) is 17.2. The summed E-state index contributed by atoms with van der Waals surface area (Å²) < 4.78 is 5.29. The Morgan fingerprint density at radius 1 is 0.944 bits per heavy atom. The van der Waals surface area contributed by atoms with Crippen LogP contribution in [0.4, 0.5) is 17.6 Å². The Balaban J connectivity index is 1.41. The van der Waals surface area contributed by atoms with Crippen LogP contribution in [0.1, 0.15) is 50.2 Å². The lowest BCUT2D eigenvalue weighted by Gasteiger charge is -2.32. The van der Waals surface area contributed by atoms with E-state index in [0.717, 1.165) is 16.8 Å². The number of hydrogen-bond donors (Lipinski definition) is 3. The number of carboxylic acids is 1. The van der Waals surface area contributed by atoms with Gasteiger partial charge in [-0.1, -0.05) is 17.7 Å². The molecule has 1 aliphatic heterocycles. The number of rotatable bonds is 7. The molecule has 0 spiro atoms. The molecular formula is C26H30N6O4. The van der Waals surface area contributed by atoms with Gasteiger partial charge >= 0.3 is 12.0 Å². The molecule has 36 heavy (non-hydrogen) atoms. The fourth-order valence-electron chi connectivity index (χ4n) is 4.40. The molecule has 1 aromatic heterocycles. The summed E-state index contributed by atoms with van der Waals surface area (Å²) >= 11 is 0. The van der Waals surface area contributed by atoms with Gasteiger partial charge in [0.25, 0.3) is 5.91 Å². The van der Waals surface area contributed by atoms with Crippen molar-refractivity contribution in [1.29, 1.82) is 0 Å². The number of nitrogens with zero attached hydrogens (tertiary/aromatic N) is 4. The van der Waals surface area contributed by atoms with Crippen LogP contribution in [0.15, 0.2) is 36.4 Å². The number of piperidine rings is 1. The van der Waals surface area contributed by atoms with Gasteiger partial charge in [0.2, 0.25) is 11.9 Å². The van der Waals surface area contributed by atoms with Crippen LogP contribution >= 0.6 is 0 Å². The van der Waals surface area contributed by atoms with Gasteiger partial charge in [-0.05, 0) is 69.0 Å². The number of carbonyl (C=O) groups is 2. The lowest BCUT2D eigenvalue weighted by molar-refractivity contribution is 0.0690. The zero-order valence-electron chi connectivity index (χ0n) is 20.8. The summed E-state index contributed by atoms with van der Waals surface area (Å²) in [5, 5.41) is 15.7. The van der Waals surface area contributed by atoms with E-state index in [-0.39, 0.29) is 23.5 Å². The second kappa shape index (κ2) is 10.6. The summed E-state index contributed by atoms with van der Waals surface area (Å²) in [4.78, 5) is 38.9. The van der Waals surface area contributed by atoms with Crippen LogP contribution < -0.4 is 15.4 Å². The van der Waals surface area contributed by atoms with E-state index in [4.69, 9.17) is 9.84 Å². The minimum atomic E-state index is -1.02. The van der Waals surface area contributed by atoms with E-state index in [9.17, 15) is 9.59 Å². The van der Waals surface area contributed by atoms with Crippen LogP contribution in [0.2, 0.25) is 0 Å². The van der Waals surface area contributed by atoms with Crippen LogP contribution in [-0.4, -0.2) is 63.1 Å². The summed E-state index contributed by atoms with van der Waals surface area (Å²) in [6.07, 6.45) is 1.43. The predicted octanol–water partition coefficient (Wildman–Crippen LogP) is 3.96. The van der Waals surface area contributed by atoms with Gasteiger partial charge in [-0.3, -0.25) is 4.79 Å². The van der Waals surface area contributed by atoms with Gasteiger partial charge < -0.3 is 25.4 Å². The number of likely N-dealkylation sites (tertiary alicyclic amines) is 1. The van der Waals surface area contributed by atoms with Crippen LogP contribution in [0.3, 0.4) is 0 Å². The standard InChI is InChI=1S/C26H30N6O4/c1-15-13-16(2)21(17(3)14-15)28-25-29-24(30-26(31-25)36-4)27-20-9-11-32(12-10-20)22(33)18-5-7-19(8-6-18)23(34)35/h5-8,13-14,20H,9-12H2,1-4H3,(H,34,35)(H2,27,28,29,30,31). The predicted molar refractivity (Wildman–Crippen MR) is 136 cm³/mol. The van der Waals surface area contributed by atoms with Gasteiger partial charge in [-0.15, -0.1) is 0 Å². The van der Waals surface area contributed by atoms with E-state index >= 15 is 0 Å². The van der Waals surface area contributed by atoms with Gasteiger partial charge in [0.15, 0.2) is 0 Å². The summed E-state index contributed by atoms with van der Waals surface area (Å²) in [6, 6.07) is 10.5. The number of amides is 1. The molecule has 3 aromatic rings. The number of benzene rings is 2. The molecule has 4 rings (SSSR count). The third-order valence-electron chi connectivity index (χ3n) is 6.21. The van der Waals surface area contributed by atoms with Crippen molar-refractivity contribution in [2.45, 2.75) is 39.7 Å². The highest BCUT2D eigenvalue weighted by Gasteiger charge is 2.25. The minimum Gasteiger partial charge on any atom is -0.478 e. The normalized spacial score (nSPS) is 13.8. The Bertz CT molecular complexity index is 1250. The zero-order chi connectivity index (χ0) is 25.8. The number of methoxy groups -OCH3 is 1. The summed E-state index contributed by atoms with van der Waals surface area (Å²) in [5.41, 5.74) is 4.96. The van der Waals surface area contributed by atoms with Crippen molar-refractivity contribution in [3.63, 3.8) is 0 Å². The topological polar surface area (TPSA) is 130 Å². The van der Waals surface area contributed by atoms with Crippen molar-refractivity contribution in [2.24, 2.45) is 0 Å². The highest BCUT2D eigenvalue weighted by Crippen LogP contribution is 2.26. The van der Waals surface area contributed by atoms with Crippen LogP contribution in [0.5, 0.6) is 6.01 Å². The Morgan fingerprint density at radius 3 is 2.11 bits per heavy atom. The van der Waals surface area contributed by atoms with Gasteiger partial charge in [0.1, 0.15) is 0 Å². The lowest BCUT2D eigenvalue weighted by Crippen LogP contribution is -2.42. The monoisotopic (exact) mass is 490 g/mol. The van der Waals surface area contributed by atoms with E-state index in [1.54, 1.807) is 17.0 Å². The molecule has 3 N–H and O–H groups in total. The van der Waals surface area contributed by atoms with Gasteiger partial charge in [-0.25, -0.2) is 4.79 Å². The first-order valence-corrected chi connectivity index (χ1v) is 11.8. The average molecular weight is 491 g/mol. The highest BCUT2D eigenvalue weighted by atomic mass is 16.5. The highest BCUT2D eigenvalue weighted by molar-refractivity contribution is 5.96. The molecule has 10 heteroatoms. The Hall–Kier alpha value is -4.21. The molecule has 0 radical (unpaired) electrons. The van der Waals surface area contributed by atoms with Gasteiger partial charge in [0.05, 0.1) is 12.7 Å². The van der Waals surface area contributed by atoms with Crippen LogP contribution in [0, 0.1) is 20.8 Å². The summed E-state index contributed by atoms with van der Waals surface area (Å²) in [7, 11) is 1.51. The van der Waals surface area contributed by atoms with E-state index in [2.05, 4.69) is 44.6 Å². The van der Waals surface area contributed by atoms with Crippen molar-refractivity contribution in [1.82, 2.24) is 19.9 Å². The quantitative estimate of drug-likeness (QED) is 0.450. The fourth-order valence-corrected chi connectivity index (χ4v) is 4.40. The first kappa shape index (κ1) is 24.9. The summed E-state index contributed by atoms with van der Waals surface area (Å²) in [5.74, 6) is -0.335. The molecule has 0 aliphatic carbocycles. The molecule has 1 saturated heterocycles. The molecule has 188 valence electrons. The Kier molecular flexibility index (Phi) is 7.33. The molecule has 10 nitrogen and oxygen atoms in total. The third-order valence-corrected chi connectivity index (χ3v) is 6.21. The largest absolute Gasteiger partial charge is 0.478 e. The molecule has 2 aromatic carbocycles. The van der Waals surface area contributed by atoms with Crippen molar-refractivity contribution >= 4 is 29.5 Å². The maximum atomic E-state index is 12.8. The lowest BCUT2D eigenvalue weighted by atomic mass is 10.0. The number of hydrogen-bond acceptors (Lipinski definition) is 8. The van der Waals surface area contributed by atoms with Crippen molar-refractivity contribution < 1.29 is 19.4 Å². The molecule has 2 heterocycles. The Labute approximate surface area is 209 Å².